The van der Waals surface area contributed by atoms with Crippen molar-refractivity contribution in [3.05, 3.63) is 35.9 Å². The Balaban J connectivity index is 2.75. The number of hydrogen-bond donors (Lipinski definition) is 4. The predicted molar refractivity (Wildman–Crippen MR) is 125 cm³/mol. The number of ether oxygens (including phenoxy) is 2. The maximum atomic E-state index is 12.8. The van der Waals surface area contributed by atoms with Gasteiger partial charge in [0.2, 0.25) is 11.8 Å². The number of alkyl carbamates (subject to hydrolysis) is 1. The van der Waals surface area contributed by atoms with Gasteiger partial charge in [0.1, 0.15) is 24.3 Å². The first-order valence-corrected chi connectivity index (χ1v) is 11.6. The Kier molecular flexibility index (Phi) is 11.9. The van der Waals surface area contributed by atoms with Gasteiger partial charge in [0.05, 0.1) is 12.3 Å². The molecule has 188 valence electrons. The molecule has 0 unspecified atom stereocenters. The van der Waals surface area contributed by atoms with Crippen LogP contribution in [0.5, 0.6) is 0 Å². The summed E-state index contributed by atoms with van der Waals surface area (Å²) >= 11 is 1.13. The molecule has 0 aliphatic carbocycles. The van der Waals surface area contributed by atoms with Gasteiger partial charge in [0, 0.05) is 12.7 Å². The second-order valence-electron chi connectivity index (χ2n) is 8.20. The van der Waals surface area contributed by atoms with Gasteiger partial charge >= 0.3 is 18.0 Å². The van der Waals surface area contributed by atoms with Gasteiger partial charge in [-0.2, -0.15) is 0 Å². The number of hydrogen-bond acceptors (Lipinski definition) is 8. The molecule has 0 bridgehead atoms. The molecule has 0 aliphatic heterocycles. The predicted octanol–water partition coefficient (Wildman–Crippen LogP) is 1.41. The van der Waals surface area contributed by atoms with E-state index in [0.717, 1.165) is 17.3 Å². The molecule has 0 aliphatic rings. The molecule has 12 heteroatoms. The van der Waals surface area contributed by atoms with E-state index in [1.807, 2.05) is 0 Å². The van der Waals surface area contributed by atoms with Crippen LogP contribution in [0.1, 0.15) is 39.7 Å². The number of rotatable bonds is 12. The number of carboxylic acid groups (broad SMARTS) is 1. The molecule has 34 heavy (non-hydrogen) atoms. The summed E-state index contributed by atoms with van der Waals surface area (Å²) < 4.78 is 10.2. The molecule has 0 saturated heterocycles. The third-order valence-corrected chi connectivity index (χ3v) is 4.86. The third-order valence-electron chi connectivity index (χ3n) is 3.94. The molecule has 0 saturated carbocycles. The summed E-state index contributed by atoms with van der Waals surface area (Å²) in [5.41, 5.74) is -0.0924. The smallest absolute Gasteiger partial charge is 0.408 e. The Hall–Kier alpha value is -3.28. The Labute approximate surface area is 202 Å². The van der Waals surface area contributed by atoms with Crippen LogP contribution in [0.4, 0.5) is 4.79 Å². The van der Waals surface area contributed by atoms with Crippen LogP contribution in [-0.4, -0.2) is 64.3 Å². The van der Waals surface area contributed by atoms with Crippen molar-refractivity contribution in [1.82, 2.24) is 16.0 Å². The number of carboxylic acids is 1. The van der Waals surface area contributed by atoms with E-state index in [9.17, 15) is 29.1 Å². The van der Waals surface area contributed by atoms with Crippen LogP contribution in [0.25, 0.3) is 0 Å². The molecule has 0 aromatic heterocycles. The van der Waals surface area contributed by atoms with E-state index in [0.29, 0.717) is 0 Å². The monoisotopic (exact) mass is 497 g/mol. The Bertz CT molecular complexity index is 857. The van der Waals surface area contributed by atoms with Crippen LogP contribution in [0, 0.1) is 0 Å². The van der Waals surface area contributed by atoms with Gasteiger partial charge < -0.3 is 30.5 Å². The van der Waals surface area contributed by atoms with Crippen molar-refractivity contribution in [3.8, 4) is 0 Å². The van der Waals surface area contributed by atoms with E-state index in [1.165, 1.54) is 6.92 Å². The SMILES string of the molecule is CC(=O)NCSC[C@H](NC(=O)OC(C)(C)C)C(=O)N[C@@H](CC(=O)OCc1ccccc1)C(=O)O. The third kappa shape index (κ3) is 12.7. The van der Waals surface area contributed by atoms with E-state index in [4.69, 9.17) is 9.47 Å². The van der Waals surface area contributed by atoms with Gasteiger partial charge in [0.15, 0.2) is 0 Å². The van der Waals surface area contributed by atoms with E-state index in [-0.39, 0.29) is 24.1 Å². The number of thioether (sulfide) groups is 1. The number of benzene rings is 1. The summed E-state index contributed by atoms with van der Waals surface area (Å²) in [7, 11) is 0. The number of amides is 3. The number of nitrogens with one attached hydrogen (secondary N) is 3. The maximum absolute atomic E-state index is 12.8. The zero-order valence-electron chi connectivity index (χ0n) is 19.6. The highest BCUT2D eigenvalue weighted by Crippen LogP contribution is 2.09. The van der Waals surface area contributed by atoms with Crippen LogP contribution < -0.4 is 16.0 Å². The first-order valence-electron chi connectivity index (χ1n) is 10.4. The molecule has 0 spiro atoms. The molecule has 2 atom stereocenters. The molecule has 3 amide bonds. The highest BCUT2D eigenvalue weighted by Gasteiger charge is 2.30. The summed E-state index contributed by atoms with van der Waals surface area (Å²) in [5.74, 6) is -3.17. The summed E-state index contributed by atoms with van der Waals surface area (Å²) in [6.45, 7) is 6.23. The zero-order chi connectivity index (χ0) is 25.7. The minimum absolute atomic E-state index is 0.0101. The molecular weight excluding hydrogens is 466 g/mol. The van der Waals surface area contributed by atoms with Crippen molar-refractivity contribution >= 4 is 41.6 Å². The largest absolute Gasteiger partial charge is 0.480 e. The normalized spacial score (nSPS) is 12.6. The lowest BCUT2D eigenvalue weighted by atomic mass is 10.2. The van der Waals surface area contributed by atoms with Crippen LogP contribution >= 0.6 is 11.8 Å². The minimum atomic E-state index is -1.57. The fourth-order valence-electron chi connectivity index (χ4n) is 2.40. The van der Waals surface area contributed by atoms with Crippen LogP contribution in [0.3, 0.4) is 0 Å². The Morgan fingerprint density at radius 3 is 2.24 bits per heavy atom. The van der Waals surface area contributed by atoms with Crippen molar-refractivity contribution < 1.29 is 38.6 Å². The number of carbonyl (C=O) groups is 5. The van der Waals surface area contributed by atoms with Crippen LogP contribution in [0.15, 0.2) is 30.3 Å². The Morgan fingerprint density at radius 2 is 1.68 bits per heavy atom. The average Bonchev–Trinajstić information content (AvgIpc) is 2.73. The van der Waals surface area contributed by atoms with Gasteiger partial charge in [-0.3, -0.25) is 14.4 Å². The van der Waals surface area contributed by atoms with Crippen molar-refractivity contribution in [2.75, 3.05) is 11.6 Å². The van der Waals surface area contributed by atoms with Crippen molar-refractivity contribution in [3.63, 3.8) is 0 Å². The fourth-order valence-corrected chi connectivity index (χ4v) is 3.29. The molecule has 0 fully saturated rings. The molecule has 1 aromatic carbocycles. The number of esters is 1. The second kappa shape index (κ2) is 14.1. The van der Waals surface area contributed by atoms with Crippen molar-refractivity contribution in [1.29, 1.82) is 0 Å². The molecule has 11 nitrogen and oxygen atoms in total. The Morgan fingerprint density at radius 1 is 1.03 bits per heavy atom. The van der Waals surface area contributed by atoms with Gasteiger partial charge in [-0.05, 0) is 26.3 Å². The highest BCUT2D eigenvalue weighted by atomic mass is 32.2. The van der Waals surface area contributed by atoms with E-state index < -0.39 is 48.0 Å². The zero-order valence-corrected chi connectivity index (χ0v) is 20.4. The van der Waals surface area contributed by atoms with Gasteiger partial charge in [-0.25, -0.2) is 9.59 Å². The number of aliphatic carboxylic acids is 1. The van der Waals surface area contributed by atoms with E-state index >= 15 is 0 Å². The molecule has 0 radical (unpaired) electrons. The van der Waals surface area contributed by atoms with E-state index in [2.05, 4.69) is 16.0 Å². The van der Waals surface area contributed by atoms with E-state index in [1.54, 1.807) is 51.1 Å². The fraction of sp³-hybridized carbons (Fsp3) is 0.500. The average molecular weight is 498 g/mol. The number of carbonyl (C=O) groups excluding carboxylic acids is 4. The quantitative estimate of drug-likeness (QED) is 0.190. The minimum Gasteiger partial charge on any atom is -0.480 e. The molecule has 4 N–H and O–H groups in total. The van der Waals surface area contributed by atoms with Gasteiger partial charge in [-0.1, -0.05) is 30.3 Å². The lowest BCUT2D eigenvalue weighted by Gasteiger charge is -2.24. The molecule has 0 heterocycles. The first kappa shape index (κ1) is 28.8. The van der Waals surface area contributed by atoms with Crippen LogP contribution in [0.2, 0.25) is 0 Å². The lowest BCUT2D eigenvalue weighted by molar-refractivity contribution is -0.151. The van der Waals surface area contributed by atoms with Crippen LogP contribution in [-0.2, 0) is 35.3 Å². The van der Waals surface area contributed by atoms with Crippen molar-refractivity contribution in [2.24, 2.45) is 0 Å². The van der Waals surface area contributed by atoms with Gasteiger partial charge in [-0.15, -0.1) is 11.8 Å². The second-order valence-corrected chi connectivity index (χ2v) is 9.23. The first-order chi connectivity index (χ1) is 15.9. The standard InChI is InChI=1S/C22H31N3O8S/c1-14(26)23-13-34-12-17(25-21(31)33-22(2,3)4)19(28)24-16(20(29)30)10-18(27)32-11-15-8-6-5-7-9-15/h5-9,16-17H,10-13H2,1-4H3,(H,23,26)(H,24,28)(H,25,31)(H,29,30)/t16-,17-/m0/s1. The molecule has 1 aromatic rings. The maximum Gasteiger partial charge on any atom is 0.408 e. The van der Waals surface area contributed by atoms with Gasteiger partial charge in [0.25, 0.3) is 0 Å². The molecule has 1 rings (SSSR count). The summed E-state index contributed by atoms with van der Waals surface area (Å²) in [6, 6.07) is 6.08. The molecular formula is C22H31N3O8S. The summed E-state index contributed by atoms with van der Waals surface area (Å²) in [4.78, 5) is 59.7. The summed E-state index contributed by atoms with van der Waals surface area (Å²) in [5, 5.41) is 16.6. The highest BCUT2D eigenvalue weighted by molar-refractivity contribution is 7.99. The van der Waals surface area contributed by atoms with Crippen molar-refractivity contribution in [2.45, 2.75) is 58.4 Å². The lowest BCUT2D eigenvalue weighted by Crippen LogP contribution is -2.54. The topological polar surface area (TPSA) is 160 Å². The summed E-state index contributed by atoms with van der Waals surface area (Å²) in [6.07, 6.45) is -1.48.